The van der Waals surface area contributed by atoms with E-state index in [2.05, 4.69) is 16.5 Å². The maximum absolute atomic E-state index is 4.52. The first kappa shape index (κ1) is 12.3. The second-order valence-corrected chi connectivity index (χ2v) is 4.43. The second kappa shape index (κ2) is 5.49. The largest absolute Gasteiger partial charge is 0.229 e. The van der Waals surface area contributed by atoms with E-state index in [1.54, 1.807) is 6.08 Å². The minimum Gasteiger partial charge on any atom is -0.229 e. The van der Waals surface area contributed by atoms with Gasteiger partial charge in [-0.3, -0.25) is 0 Å². The van der Waals surface area contributed by atoms with Gasteiger partial charge in [-0.15, -0.1) is 0 Å². The van der Waals surface area contributed by atoms with E-state index in [-0.39, 0.29) is 0 Å². The molecule has 0 unspecified atom stereocenters. The van der Waals surface area contributed by atoms with Crippen LogP contribution >= 0.6 is 0 Å². The fourth-order valence-corrected chi connectivity index (χ4v) is 2.07. The summed E-state index contributed by atoms with van der Waals surface area (Å²) < 4.78 is 0. The maximum atomic E-state index is 4.52. The van der Waals surface area contributed by atoms with Crippen LogP contribution in [0.1, 0.15) is 5.82 Å². The average molecular weight is 258 g/mol. The summed E-state index contributed by atoms with van der Waals surface area (Å²) in [6.45, 7) is 3.78. The molecule has 2 heteroatoms. The van der Waals surface area contributed by atoms with Gasteiger partial charge in [0.1, 0.15) is 0 Å². The summed E-state index contributed by atoms with van der Waals surface area (Å²) in [6, 6.07) is 22.2. The van der Waals surface area contributed by atoms with Crippen LogP contribution in [0.5, 0.6) is 0 Å². The third-order valence-corrected chi connectivity index (χ3v) is 3.07. The molecule has 0 bridgehead atoms. The van der Waals surface area contributed by atoms with Gasteiger partial charge in [-0.2, -0.15) is 0 Å². The molecule has 0 aliphatic heterocycles. The highest BCUT2D eigenvalue weighted by atomic mass is 14.9. The maximum Gasteiger partial charge on any atom is 0.152 e. The zero-order valence-electron chi connectivity index (χ0n) is 11.0. The molecule has 0 spiro atoms. The number of hydrogen-bond acceptors (Lipinski definition) is 2. The molecular formula is C18H14N2. The predicted octanol–water partition coefficient (Wildman–Crippen LogP) is 4.45. The molecular weight excluding hydrogens is 244 g/mol. The van der Waals surface area contributed by atoms with Gasteiger partial charge in [0.15, 0.2) is 5.82 Å². The van der Waals surface area contributed by atoms with E-state index in [9.17, 15) is 0 Å². The molecule has 1 aromatic heterocycles. The lowest BCUT2D eigenvalue weighted by molar-refractivity contribution is 1.14. The van der Waals surface area contributed by atoms with E-state index < -0.39 is 0 Å². The number of aromatic nitrogens is 2. The van der Waals surface area contributed by atoms with E-state index in [4.69, 9.17) is 0 Å². The van der Waals surface area contributed by atoms with Gasteiger partial charge in [-0.25, -0.2) is 9.97 Å². The topological polar surface area (TPSA) is 25.8 Å². The average Bonchev–Trinajstić information content (AvgIpc) is 2.56. The van der Waals surface area contributed by atoms with E-state index in [1.807, 2.05) is 66.7 Å². The molecule has 2 nitrogen and oxygen atoms in total. The van der Waals surface area contributed by atoms with Crippen LogP contribution in [0, 0.1) is 0 Å². The van der Waals surface area contributed by atoms with Crippen molar-refractivity contribution in [2.45, 2.75) is 0 Å². The van der Waals surface area contributed by atoms with Crippen LogP contribution in [0.25, 0.3) is 28.6 Å². The standard InChI is InChI=1S/C18H14N2/c1-2-18-19-16(14-9-5-3-6-10-14)13-17(20-18)15-11-7-4-8-12-15/h2-13H,1H2. The van der Waals surface area contributed by atoms with Crippen molar-refractivity contribution >= 4 is 6.08 Å². The van der Waals surface area contributed by atoms with E-state index in [1.165, 1.54) is 0 Å². The van der Waals surface area contributed by atoms with Crippen molar-refractivity contribution in [3.8, 4) is 22.5 Å². The van der Waals surface area contributed by atoms with Crippen molar-refractivity contribution in [3.05, 3.63) is 79.1 Å². The normalized spacial score (nSPS) is 10.2. The van der Waals surface area contributed by atoms with E-state index in [0.717, 1.165) is 22.5 Å². The van der Waals surface area contributed by atoms with E-state index in [0.29, 0.717) is 5.82 Å². The van der Waals surface area contributed by atoms with Crippen molar-refractivity contribution in [2.75, 3.05) is 0 Å². The molecule has 0 radical (unpaired) electrons. The summed E-state index contributed by atoms with van der Waals surface area (Å²) in [5.74, 6) is 0.644. The Labute approximate surface area is 118 Å². The molecule has 0 saturated carbocycles. The first-order valence-electron chi connectivity index (χ1n) is 6.49. The van der Waals surface area contributed by atoms with Crippen LogP contribution in [0.4, 0.5) is 0 Å². The highest BCUT2D eigenvalue weighted by Gasteiger charge is 2.06. The Bertz CT molecular complexity index is 661. The SMILES string of the molecule is C=Cc1nc(-c2ccccc2)cc(-c2ccccc2)n1. The van der Waals surface area contributed by atoms with Gasteiger partial charge in [0.25, 0.3) is 0 Å². The van der Waals surface area contributed by atoms with Crippen molar-refractivity contribution < 1.29 is 0 Å². The Balaban J connectivity index is 2.15. The highest BCUT2D eigenvalue weighted by molar-refractivity contribution is 5.68. The summed E-state index contributed by atoms with van der Waals surface area (Å²) in [7, 11) is 0. The minimum atomic E-state index is 0.644. The molecule has 3 rings (SSSR count). The third kappa shape index (κ3) is 2.50. The van der Waals surface area contributed by atoms with Gasteiger partial charge in [0.05, 0.1) is 11.4 Å². The van der Waals surface area contributed by atoms with Crippen LogP contribution in [-0.4, -0.2) is 9.97 Å². The lowest BCUT2D eigenvalue weighted by atomic mass is 10.1. The van der Waals surface area contributed by atoms with Crippen molar-refractivity contribution in [1.82, 2.24) is 9.97 Å². The van der Waals surface area contributed by atoms with Crippen molar-refractivity contribution in [3.63, 3.8) is 0 Å². The Morgan fingerprint density at radius 2 is 1.15 bits per heavy atom. The molecule has 0 atom stereocenters. The lowest BCUT2D eigenvalue weighted by Crippen LogP contribution is -1.94. The van der Waals surface area contributed by atoms with Crippen LogP contribution in [0.15, 0.2) is 73.3 Å². The smallest absolute Gasteiger partial charge is 0.152 e. The molecule has 96 valence electrons. The minimum absolute atomic E-state index is 0.644. The molecule has 0 N–H and O–H groups in total. The molecule has 0 fully saturated rings. The quantitative estimate of drug-likeness (QED) is 0.693. The van der Waals surface area contributed by atoms with Gasteiger partial charge in [0, 0.05) is 11.1 Å². The Morgan fingerprint density at radius 1 is 0.700 bits per heavy atom. The van der Waals surface area contributed by atoms with Gasteiger partial charge in [0.2, 0.25) is 0 Å². The fourth-order valence-electron chi connectivity index (χ4n) is 2.07. The molecule has 0 saturated heterocycles. The summed E-state index contributed by atoms with van der Waals surface area (Å²) >= 11 is 0. The lowest BCUT2D eigenvalue weighted by Gasteiger charge is -2.06. The van der Waals surface area contributed by atoms with Crippen LogP contribution in [-0.2, 0) is 0 Å². The predicted molar refractivity (Wildman–Crippen MR) is 83.0 cm³/mol. The molecule has 1 heterocycles. The molecule has 0 amide bonds. The first-order chi connectivity index (χ1) is 9.86. The number of hydrogen-bond donors (Lipinski definition) is 0. The molecule has 0 aliphatic rings. The number of nitrogens with zero attached hydrogens (tertiary/aromatic N) is 2. The zero-order valence-corrected chi connectivity index (χ0v) is 11.0. The first-order valence-corrected chi connectivity index (χ1v) is 6.49. The molecule has 3 aromatic rings. The fraction of sp³-hybridized carbons (Fsp3) is 0. The van der Waals surface area contributed by atoms with Crippen LogP contribution in [0.3, 0.4) is 0 Å². The second-order valence-electron chi connectivity index (χ2n) is 4.43. The summed E-state index contributed by atoms with van der Waals surface area (Å²) in [5, 5.41) is 0. The van der Waals surface area contributed by atoms with Crippen LogP contribution < -0.4 is 0 Å². The molecule has 2 aromatic carbocycles. The summed E-state index contributed by atoms with van der Waals surface area (Å²) in [4.78, 5) is 9.04. The van der Waals surface area contributed by atoms with Gasteiger partial charge >= 0.3 is 0 Å². The Hall–Kier alpha value is -2.74. The Morgan fingerprint density at radius 3 is 1.55 bits per heavy atom. The van der Waals surface area contributed by atoms with Gasteiger partial charge < -0.3 is 0 Å². The van der Waals surface area contributed by atoms with Crippen molar-refractivity contribution in [1.29, 1.82) is 0 Å². The van der Waals surface area contributed by atoms with Gasteiger partial charge in [-0.1, -0.05) is 67.2 Å². The van der Waals surface area contributed by atoms with E-state index >= 15 is 0 Å². The zero-order chi connectivity index (χ0) is 13.8. The van der Waals surface area contributed by atoms with Crippen molar-refractivity contribution in [2.24, 2.45) is 0 Å². The summed E-state index contributed by atoms with van der Waals surface area (Å²) in [5.41, 5.74) is 3.98. The third-order valence-electron chi connectivity index (χ3n) is 3.07. The number of benzene rings is 2. The monoisotopic (exact) mass is 258 g/mol. The summed E-state index contributed by atoms with van der Waals surface area (Å²) in [6.07, 6.45) is 1.68. The highest BCUT2D eigenvalue weighted by Crippen LogP contribution is 2.23. The molecule has 0 aliphatic carbocycles. The van der Waals surface area contributed by atoms with Gasteiger partial charge in [-0.05, 0) is 12.1 Å². The number of rotatable bonds is 3. The van der Waals surface area contributed by atoms with Crippen LogP contribution in [0.2, 0.25) is 0 Å². The molecule has 20 heavy (non-hydrogen) atoms. The Kier molecular flexibility index (Phi) is 3.38.